The molecule has 2 aliphatic rings. The predicted molar refractivity (Wildman–Crippen MR) is 206 cm³/mol. The summed E-state index contributed by atoms with van der Waals surface area (Å²) < 4.78 is 6.50. The Morgan fingerprint density at radius 3 is 1.21 bits per heavy atom. The first-order valence-corrected chi connectivity index (χ1v) is 35.5. The summed E-state index contributed by atoms with van der Waals surface area (Å²) in [6.07, 6.45) is 10.3. The van der Waals surface area contributed by atoms with Gasteiger partial charge < -0.3 is 0 Å². The first kappa shape index (κ1) is 31.2. The van der Waals surface area contributed by atoms with Crippen molar-refractivity contribution >= 4 is 28.0 Å². The average Bonchev–Trinajstić information content (AvgIpc) is 3.77. The fourth-order valence-corrected chi connectivity index (χ4v) is 62.1. The topological polar surface area (TPSA) is 0 Å². The molecular weight excluding hydrogens is 759 g/mol. The number of hydrogen-bond acceptors (Lipinski definition) is 0. The molecule has 0 fully saturated rings. The number of allylic oxidation sites excluding steroid dienone is 2. The Bertz CT molecular complexity index is 2160. The molecule has 0 aromatic heterocycles. The van der Waals surface area contributed by atoms with E-state index >= 15 is 0 Å². The minimum atomic E-state index is -4.38. The third kappa shape index (κ3) is 4.87. The molecule has 0 saturated heterocycles. The first-order valence-electron chi connectivity index (χ1n) is 17.3. The predicted octanol–water partition coefficient (Wildman–Crippen LogP) is 11.1. The van der Waals surface area contributed by atoms with Crippen LogP contribution in [0, 0.1) is 13.8 Å². The van der Waals surface area contributed by atoms with Gasteiger partial charge in [-0.25, -0.2) is 0 Å². The Morgan fingerprint density at radius 2 is 0.792 bits per heavy atom. The SMILES string of the molecule is Cc1ccccc1-c1cccc2c1C=C[CH]2[Hf]([CH3])([CH3])([CH]1C=Cc2c(-c3ccccc3C)cccc21)=[Si](c1ccccc1)c1ccccc1. The third-order valence-corrected chi connectivity index (χ3v) is 60.6. The van der Waals surface area contributed by atoms with E-state index in [0.29, 0.717) is 7.35 Å². The van der Waals surface area contributed by atoms with E-state index in [0.717, 1.165) is 0 Å². The Morgan fingerprint density at radius 1 is 0.417 bits per heavy atom. The molecule has 0 N–H and O–H groups in total. The Labute approximate surface area is 287 Å². The maximum absolute atomic E-state index is 4.38. The molecule has 6 aromatic carbocycles. The van der Waals surface area contributed by atoms with Crippen LogP contribution in [0.15, 0.2) is 158 Å². The van der Waals surface area contributed by atoms with Crippen LogP contribution in [0.2, 0.25) is 9.36 Å². The fraction of sp³-hybridized carbons (Fsp3) is 0.130. The van der Waals surface area contributed by atoms with Crippen LogP contribution in [0.3, 0.4) is 0 Å². The van der Waals surface area contributed by atoms with Gasteiger partial charge in [0.1, 0.15) is 0 Å². The molecule has 2 heteroatoms. The first-order chi connectivity index (χ1) is 23.4. The second kappa shape index (κ2) is 12.1. The van der Waals surface area contributed by atoms with Crippen LogP contribution in [0.4, 0.5) is 0 Å². The molecular formula is C46H42HfSi. The van der Waals surface area contributed by atoms with E-state index in [1.807, 2.05) is 0 Å². The zero-order valence-corrected chi connectivity index (χ0v) is 32.9. The van der Waals surface area contributed by atoms with Gasteiger partial charge in [-0.3, -0.25) is 0 Å². The molecule has 234 valence electrons. The molecule has 0 aliphatic heterocycles. The van der Waals surface area contributed by atoms with Crippen LogP contribution < -0.4 is 10.4 Å². The van der Waals surface area contributed by atoms with Crippen LogP contribution in [0.1, 0.15) is 40.7 Å². The van der Waals surface area contributed by atoms with Crippen LogP contribution >= 0.6 is 0 Å². The van der Waals surface area contributed by atoms with E-state index < -0.39 is 22.6 Å². The van der Waals surface area contributed by atoms with Crippen molar-refractivity contribution in [3.05, 3.63) is 191 Å². The van der Waals surface area contributed by atoms with Gasteiger partial charge in [0.05, 0.1) is 0 Å². The van der Waals surface area contributed by atoms with Gasteiger partial charge in [-0.1, -0.05) is 0 Å². The summed E-state index contributed by atoms with van der Waals surface area (Å²) in [5.74, 6) is 0. The molecule has 2 unspecified atom stereocenters. The number of rotatable bonds is 6. The van der Waals surface area contributed by atoms with Gasteiger partial charge >= 0.3 is 289 Å². The molecule has 48 heavy (non-hydrogen) atoms. The zero-order valence-electron chi connectivity index (χ0n) is 28.3. The van der Waals surface area contributed by atoms with Gasteiger partial charge in [-0.15, -0.1) is 0 Å². The average molecular weight is 801 g/mol. The molecule has 0 heterocycles. The number of fused-ring (bicyclic) bond motifs is 2. The number of hydrogen-bond donors (Lipinski definition) is 0. The number of aryl methyl sites for hydroxylation is 2. The Kier molecular flexibility index (Phi) is 7.85. The van der Waals surface area contributed by atoms with Crippen molar-refractivity contribution in [1.82, 2.24) is 0 Å². The zero-order chi connectivity index (χ0) is 32.9. The van der Waals surface area contributed by atoms with E-state index in [1.54, 1.807) is 10.4 Å². The quantitative estimate of drug-likeness (QED) is 0.147. The van der Waals surface area contributed by atoms with Gasteiger partial charge in [0.15, 0.2) is 0 Å². The molecule has 0 amide bonds. The Hall–Kier alpha value is -4.11. The minimum absolute atomic E-state index is 0.401. The van der Waals surface area contributed by atoms with Crippen molar-refractivity contribution in [3.63, 3.8) is 0 Å². The summed E-state index contributed by atoms with van der Waals surface area (Å²) in [5.41, 5.74) is 12.7. The van der Waals surface area contributed by atoms with Gasteiger partial charge in [0, 0.05) is 0 Å². The Balaban J connectivity index is 1.46. The second-order valence-corrected chi connectivity index (χ2v) is 58.1. The molecule has 0 nitrogen and oxygen atoms in total. The molecule has 0 bridgehead atoms. The van der Waals surface area contributed by atoms with E-state index in [-0.39, 0.29) is 0 Å². The molecule has 2 atom stereocenters. The number of benzene rings is 6. The molecule has 8 rings (SSSR count). The van der Waals surface area contributed by atoms with Gasteiger partial charge in [-0.2, -0.15) is 0 Å². The van der Waals surface area contributed by atoms with Crippen LogP contribution in [0.25, 0.3) is 34.4 Å². The van der Waals surface area contributed by atoms with Crippen molar-refractivity contribution in [1.29, 1.82) is 0 Å². The third-order valence-electron chi connectivity index (χ3n) is 11.6. The monoisotopic (exact) mass is 802 g/mol. The van der Waals surface area contributed by atoms with E-state index in [2.05, 4.69) is 193 Å². The van der Waals surface area contributed by atoms with Crippen LogP contribution in [-0.4, -0.2) is 5.49 Å². The standard InChI is InChI=1S/2C16H13.C12H10Si.2CH3.Hf/c2*1-12-6-2-3-9-14(12)16-11-5-8-13-7-4-10-15(13)16;1-3-7-11(8-4-1)13-12-9-5-2-6-10-12;;;/h2*2-11H,1H3;1-10H;2*1H3;. The summed E-state index contributed by atoms with van der Waals surface area (Å²) in [6, 6.07) is 55.2. The van der Waals surface area contributed by atoms with Crippen LogP contribution in [0.5, 0.6) is 0 Å². The second-order valence-electron chi connectivity index (χ2n) is 14.6. The summed E-state index contributed by atoms with van der Waals surface area (Å²) in [5, 5.41) is 3.09. The maximum atomic E-state index is 2.85. The summed E-state index contributed by atoms with van der Waals surface area (Å²) in [4.78, 5) is 0. The van der Waals surface area contributed by atoms with E-state index in [4.69, 9.17) is 0 Å². The molecule has 2 aliphatic carbocycles. The van der Waals surface area contributed by atoms with Gasteiger partial charge in [0.2, 0.25) is 0 Å². The van der Waals surface area contributed by atoms with Gasteiger partial charge in [-0.05, 0) is 0 Å². The molecule has 0 radical (unpaired) electrons. The summed E-state index contributed by atoms with van der Waals surface area (Å²) in [7, 11) is 0. The molecule has 0 spiro atoms. The molecule has 6 aromatic rings. The van der Waals surface area contributed by atoms with Crippen molar-refractivity contribution < 1.29 is 17.1 Å². The van der Waals surface area contributed by atoms with Crippen LogP contribution in [-0.2, 0) is 17.1 Å². The van der Waals surface area contributed by atoms with Gasteiger partial charge in [0.25, 0.3) is 0 Å². The van der Waals surface area contributed by atoms with E-state index in [1.165, 1.54) is 55.6 Å². The van der Waals surface area contributed by atoms with Crippen molar-refractivity contribution in [3.8, 4) is 22.3 Å². The van der Waals surface area contributed by atoms with Crippen molar-refractivity contribution in [2.75, 3.05) is 0 Å². The summed E-state index contributed by atoms with van der Waals surface area (Å²) >= 11 is -4.38. The normalized spacial score (nSPS) is 16.5. The van der Waals surface area contributed by atoms with Crippen molar-refractivity contribution in [2.45, 2.75) is 30.6 Å². The molecule has 0 saturated carbocycles. The fourth-order valence-electron chi connectivity index (χ4n) is 9.23. The van der Waals surface area contributed by atoms with Crippen molar-refractivity contribution in [2.24, 2.45) is 0 Å². The van der Waals surface area contributed by atoms with E-state index in [9.17, 15) is 0 Å². The summed E-state index contributed by atoms with van der Waals surface area (Å²) in [6.45, 7) is 4.49.